The van der Waals surface area contributed by atoms with Crippen LogP contribution in [0.2, 0.25) is 0 Å². The van der Waals surface area contributed by atoms with Gasteiger partial charge in [0.1, 0.15) is 10.7 Å². The lowest BCUT2D eigenvalue weighted by Crippen LogP contribution is -2.19. The second-order valence-electron chi connectivity index (χ2n) is 5.87. The highest BCUT2D eigenvalue weighted by molar-refractivity contribution is 7.98. The third kappa shape index (κ3) is 2.62. The predicted molar refractivity (Wildman–Crippen MR) is 104 cm³/mol. The number of hydrogen-bond donors (Lipinski definition) is 0. The van der Waals surface area contributed by atoms with Gasteiger partial charge in [0, 0.05) is 16.3 Å². The number of thioether (sulfide) groups is 1. The quantitative estimate of drug-likeness (QED) is 0.640. The van der Waals surface area contributed by atoms with Gasteiger partial charge in [-0.3, -0.25) is 9.36 Å². The Morgan fingerprint density at radius 2 is 2.12 bits per heavy atom. The van der Waals surface area contributed by atoms with E-state index in [1.165, 1.54) is 9.77 Å². The van der Waals surface area contributed by atoms with Crippen molar-refractivity contribution >= 4 is 45.0 Å². The molecule has 5 heteroatoms. The first kappa shape index (κ1) is 15.7. The molecule has 1 aromatic carbocycles. The van der Waals surface area contributed by atoms with Crippen LogP contribution in [0.3, 0.4) is 0 Å². The Kier molecular flexibility index (Phi) is 4.06. The van der Waals surface area contributed by atoms with Crippen molar-refractivity contribution in [3.8, 4) is 0 Å². The van der Waals surface area contributed by atoms with Crippen molar-refractivity contribution in [2.45, 2.75) is 31.2 Å². The Hall–Kier alpha value is -1.85. The first-order valence-corrected chi connectivity index (χ1v) is 10.1. The van der Waals surface area contributed by atoms with Crippen LogP contribution in [0.4, 0.5) is 0 Å². The van der Waals surface area contributed by atoms with Gasteiger partial charge in [0.2, 0.25) is 0 Å². The van der Waals surface area contributed by atoms with E-state index in [9.17, 15) is 4.79 Å². The van der Waals surface area contributed by atoms with E-state index < -0.39 is 0 Å². The lowest BCUT2D eigenvalue weighted by Gasteiger charge is -2.03. The van der Waals surface area contributed by atoms with Gasteiger partial charge >= 0.3 is 0 Å². The van der Waals surface area contributed by atoms with Crippen molar-refractivity contribution < 1.29 is 0 Å². The van der Waals surface area contributed by atoms with E-state index in [1.54, 1.807) is 23.1 Å². The molecule has 2 aromatic heterocycles. The molecule has 0 fully saturated rings. The van der Waals surface area contributed by atoms with Gasteiger partial charge in [-0.2, -0.15) is 0 Å². The highest BCUT2D eigenvalue weighted by atomic mass is 32.2. The van der Waals surface area contributed by atoms with E-state index >= 15 is 0 Å². The van der Waals surface area contributed by atoms with Crippen LogP contribution in [0.25, 0.3) is 21.9 Å². The van der Waals surface area contributed by atoms with Gasteiger partial charge in [-0.25, -0.2) is 4.98 Å². The average molecular weight is 355 g/mol. The number of benzene rings is 1. The molecule has 0 spiro atoms. The lowest BCUT2D eigenvalue weighted by atomic mass is 10.1. The van der Waals surface area contributed by atoms with Crippen molar-refractivity contribution in [3.63, 3.8) is 0 Å². The van der Waals surface area contributed by atoms with Crippen LogP contribution in [0.5, 0.6) is 0 Å². The first-order valence-electron chi connectivity index (χ1n) is 8.08. The molecule has 1 aliphatic heterocycles. The summed E-state index contributed by atoms with van der Waals surface area (Å²) in [6, 6.07) is 10.5. The molecule has 122 valence electrons. The zero-order valence-corrected chi connectivity index (χ0v) is 15.3. The van der Waals surface area contributed by atoms with Gasteiger partial charge in [-0.1, -0.05) is 19.1 Å². The number of fused-ring (bicyclic) bond motifs is 2. The van der Waals surface area contributed by atoms with Crippen LogP contribution in [0.15, 0.2) is 40.0 Å². The SMILES string of the molecule is CCc1cc2c(=O)n3c(nc2s1)/C(=C/c1ccc(SC)cc1)CC3. The Balaban J connectivity index is 1.81. The molecule has 0 saturated carbocycles. The molecule has 3 heterocycles. The summed E-state index contributed by atoms with van der Waals surface area (Å²) in [5, 5.41) is 0.770. The minimum Gasteiger partial charge on any atom is -0.292 e. The molecule has 0 unspecified atom stereocenters. The Morgan fingerprint density at radius 3 is 2.83 bits per heavy atom. The number of aryl methyl sites for hydroxylation is 1. The van der Waals surface area contributed by atoms with E-state index in [2.05, 4.69) is 43.5 Å². The summed E-state index contributed by atoms with van der Waals surface area (Å²) >= 11 is 3.38. The van der Waals surface area contributed by atoms with Crippen LogP contribution >= 0.6 is 23.1 Å². The van der Waals surface area contributed by atoms with Gasteiger partial charge < -0.3 is 0 Å². The van der Waals surface area contributed by atoms with Crippen LogP contribution < -0.4 is 5.56 Å². The maximum absolute atomic E-state index is 12.7. The standard InChI is InChI=1S/C19H18N2OS2/c1-3-14-11-16-18(24-14)20-17-13(8-9-21(17)19(16)22)10-12-4-6-15(23-2)7-5-12/h4-7,10-11H,3,8-9H2,1-2H3/b13-10+. The molecule has 0 saturated heterocycles. The van der Waals surface area contributed by atoms with Crippen LogP contribution in [-0.4, -0.2) is 15.8 Å². The smallest absolute Gasteiger partial charge is 0.262 e. The highest BCUT2D eigenvalue weighted by Gasteiger charge is 2.21. The lowest BCUT2D eigenvalue weighted by molar-refractivity contribution is 0.726. The first-order chi connectivity index (χ1) is 11.7. The van der Waals surface area contributed by atoms with E-state index in [0.29, 0.717) is 0 Å². The number of hydrogen-bond acceptors (Lipinski definition) is 4. The molecule has 3 aromatic rings. The van der Waals surface area contributed by atoms with Crippen LogP contribution in [0.1, 0.15) is 29.6 Å². The number of nitrogens with zero attached hydrogens (tertiary/aromatic N) is 2. The molecule has 3 nitrogen and oxygen atoms in total. The topological polar surface area (TPSA) is 34.9 Å². The summed E-state index contributed by atoms with van der Waals surface area (Å²) in [5.41, 5.74) is 2.41. The van der Waals surface area contributed by atoms with Gasteiger partial charge in [-0.05, 0) is 54.5 Å². The summed E-state index contributed by atoms with van der Waals surface area (Å²) in [7, 11) is 0. The normalized spacial score (nSPS) is 15.3. The number of allylic oxidation sites excluding steroid dienone is 1. The molecular weight excluding hydrogens is 336 g/mol. The van der Waals surface area contributed by atoms with Gasteiger partial charge in [0.15, 0.2) is 0 Å². The highest BCUT2D eigenvalue weighted by Crippen LogP contribution is 2.30. The van der Waals surface area contributed by atoms with E-state index in [-0.39, 0.29) is 5.56 Å². The Morgan fingerprint density at radius 1 is 1.33 bits per heavy atom. The summed E-state index contributed by atoms with van der Waals surface area (Å²) in [5.74, 6) is 0.839. The number of thiophene rings is 1. The fourth-order valence-corrected chi connectivity index (χ4v) is 4.44. The second kappa shape index (κ2) is 6.22. The molecule has 0 aliphatic carbocycles. The Labute approximate surface area is 149 Å². The van der Waals surface area contributed by atoms with E-state index in [4.69, 9.17) is 4.98 Å². The zero-order chi connectivity index (χ0) is 16.7. The Bertz CT molecular complexity index is 997. The van der Waals surface area contributed by atoms with Gasteiger partial charge in [0.25, 0.3) is 5.56 Å². The maximum Gasteiger partial charge on any atom is 0.262 e. The second-order valence-corrected chi connectivity index (χ2v) is 7.86. The fourth-order valence-electron chi connectivity index (χ4n) is 3.07. The van der Waals surface area contributed by atoms with Crippen LogP contribution in [0, 0.1) is 0 Å². The van der Waals surface area contributed by atoms with E-state index in [1.807, 2.05) is 10.6 Å². The molecule has 0 amide bonds. The summed E-state index contributed by atoms with van der Waals surface area (Å²) in [4.78, 5) is 20.9. The van der Waals surface area contributed by atoms with Gasteiger partial charge in [0.05, 0.1) is 5.39 Å². The molecule has 0 radical (unpaired) electrons. The monoisotopic (exact) mass is 354 g/mol. The largest absolute Gasteiger partial charge is 0.292 e. The summed E-state index contributed by atoms with van der Waals surface area (Å²) in [6.45, 7) is 2.84. The summed E-state index contributed by atoms with van der Waals surface area (Å²) < 4.78 is 1.83. The fraction of sp³-hybridized carbons (Fsp3) is 0.263. The van der Waals surface area contributed by atoms with Crippen molar-refractivity contribution in [3.05, 3.63) is 57.0 Å². The zero-order valence-electron chi connectivity index (χ0n) is 13.7. The molecule has 0 atom stereocenters. The van der Waals surface area contributed by atoms with Crippen molar-refractivity contribution in [1.29, 1.82) is 0 Å². The maximum atomic E-state index is 12.7. The van der Waals surface area contributed by atoms with Crippen molar-refractivity contribution in [2.24, 2.45) is 0 Å². The van der Waals surface area contributed by atoms with Gasteiger partial charge in [-0.15, -0.1) is 23.1 Å². The third-order valence-corrected chi connectivity index (χ3v) is 6.32. The number of aromatic nitrogens is 2. The molecule has 24 heavy (non-hydrogen) atoms. The third-order valence-electron chi connectivity index (χ3n) is 4.40. The summed E-state index contributed by atoms with van der Waals surface area (Å²) in [6.07, 6.45) is 6.05. The molecular formula is C19H18N2OS2. The van der Waals surface area contributed by atoms with Crippen molar-refractivity contribution in [1.82, 2.24) is 9.55 Å². The number of rotatable bonds is 3. The van der Waals surface area contributed by atoms with Crippen molar-refractivity contribution in [2.75, 3.05) is 6.26 Å². The minimum atomic E-state index is 0.104. The van der Waals surface area contributed by atoms with E-state index in [0.717, 1.165) is 46.6 Å². The average Bonchev–Trinajstić information content (AvgIpc) is 3.21. The van der Waals surface area contributed by atoms with Crippen LogP contribution in [-0.2, 0) is 13.0 Å². The molecule has 0 bridgehead atoms. The minimum absolute atomic E-state index is 0.104. The predicted octanol–water partition coefficient (Wildman–Crippen LogP) is 4.69. The molecule has 0 N–H and O–H groups in total. The molecule has 4 rings (SSSR count). The molecule has 1 aliphatic rings.